The average Bonchev–Trinajstić information content (AvgIpc) is 3.44. The number of anilines is 2. The number of hydrogen-bond acceptors (Lipinski definition) is 6. The summed E-state index contributed by atoms with van der Waals surface area (Å²) < 4.78 is 26.1. The van der Waals surface area contributed by atoms with E-state index in [4.69, 9.17) is 14.3 Å². The van der Waals surface area contributed by atoms with E-state index in [0.717, 1.165) is 56.9 Å². The van der Waals surface area contributed by atoms with Gasteiger partial charge in [-0.25, -0.2) is 4.39 Å². The molecule has 2 saturated heterocycles. The molecule has 1 saturated carbocycles. The van der Waals surface area contributed by atoms with Gasteiger partial charge in [-0.05, 0) is 50.6 Å². The molecule has 1 atom stereocenters. The molecule has 1 aromatic carbocycles. The monoisotopic (exact) mass is 377 g/mol. The van der Waals surface area contributed by atoms with E-state index in [9.17, 15) is 4.39 Å². The van der Waals surface area contributed by atoms with Gasteiger partial charge in [-0.1, -0.05) is 0 Å². The van der Waals surface area contributed by atoms with E-state index >= 15 is 0 Å². The Hall–Kier alpha value is -2.12. The predicted octanol–water partition coefficient (Wildman–Crippen LogP) is 2.30. The molecule has 27 heavy (non-hydrogen) atoms. The van der Waals surface area contributed by atoms with E-state index in [0.29, 0.717) is 18.9 Å². The van der Waals surface area contributed by atoms with Gasteiger partial charge in [0.15, 0.2) is 5.88 Å². The van der Waals surface area contributed by atoms with Crippen molar-refractivity contribution in [3.8, 4) is 0 Å². The van der Waals surface area contributed by atoms with Crippen LogP contribution in [-0.4, -0.2) is 58.8 Å². The van der Waals surface area contributed by atoms with Crippen molar-refractivity contribution in [1.82, 2.24) is 5.32 Å². The van der Waals surface area contributed by atoms with Crippen LogP contribution in [0.15, 0.2) is 29.7 Å². The molecule has 4 rings (SSSR count). The minimum Gasteiger partial charge on any atom is -0.472 e. The van der Waals surface area contributed by atoms with Crippen LogP contribution in [0.5, 0.6) is 0 Å². The number of morpholine rings is 1. The highest BCUT2D eigenvalue weighted by molar-refractivity contribution is 5.61. The number of likely N-dealkylation sites (N-methyl/N-ethyl adjacent to an activating group) is 1. The maximum Gasteiger partial charge on any atom is 0.193 e. The van der Waals surface area contributed by atoms with Gasteiger partial charge in [0.05, 0.1) is 25.4 Å². The first kappa shape index (κ1) is 19.6. The Labute approximate surface area is 159 Å². The summed E-state index contributed by atoms with van der Waals surface area (Å²) in [7, 11) is 1.92. The molecule has 7 heteroatoms. The van der Waals surface area contributed by atoms with Crippen LogP contribution in [0.4, 0.5) is 15.8 Å². The van der Waals surface area contributed by atoms with Gasteiger partial charge in [-0.3, -0.25) is 0 Å². The Balaban J connectivity index is 0.000000659. The number of nitrogens with zero attached hydrogens (tertiary/aromatic N) is 2. The van der Waals surface area contributed by atoms with Crippen LogP contribution in [0.2, 0.25) is 0 Å². The lowest BCUT2D eigenvalue weighted by Gasteiger charge is -2.29. The Kier molecular flexibility index (Phi) is 6.68. The molecule has 0 amide bonds. The van der Waals surface area contributed by atoms with Crippen molar-refractivity contribution in [1.29, 1.82) is 0 Å². The molecule has 6 nitrogen and oxygen atoms in total. The lowest BCUT2D eigenvalue weighted by molar-refractivity contribution is -0.106. The Morgan fingerprint density at radius 3 is 2.59 bits per heavy atom. The number of hydrogen-bond donors (Lipinski definition) is 1. The van der Waals surface area contributed by atoms with Gasteiger partial charge in [0, 0.05) is 25.3 Å². The summed E-state index contributed by atoms with van der Waals surface area (Å²) in [5.74, 6) is 0.764. The number of rotatable bonds is 4. The molecule has 0 bridgehead atoms. The summed E-state index contributed by atoms with van der Waals surface area (Å²) in [6, 6.07) is 5.53. The van der Waals surface area contributed by atoms with Crippen LogP contribution in [-0.2, 0) is 14.3 Å². The quantitative estimate of drug-likeness (QED) is 0.813. The molecule has 148 valence electrons. The molecule has 2 heterocycles. The smallest absolute Gasteiger partial charge is 0.193 e. The van der Waals surface area contributed by atoms with Crippen LogP contribution >= 0.6 is 0 Å². The number of nitrogens with one attached hydrogen (secondary N) is 1. The van der Waals surface area contributed by atoms with E-state index in [1.807, 2.05) is 24.1 Å². The predicted molar refractivity (Wildman–Crippen MR) is 104 cm³/mol. The molecule has 0 spiro atoms. The van der Waals surface area contributed by atoms with Gasteiger partial charge in [0.2, 0.25) is 0 Å². The van der Waals surface area contributed by atoms with E-state index in [1.54, 1.807) is 6.07 Å². The van der Waals surface area contributed by atoms with Crippen molar-refractivity contribution >= 4 is 17.7 Å². The SMILES string of the molecule is CC=O.CNCC1CN(c2ccc(N3CCOCC3)c(F)c2)C(=C2CC2)O1. The number of benzene rings is 1. The number of carbonyl (C=O) groups is 1. The summed E-state index contributed by atoms with van der Waals surface area (Å²) >= 11 is 0. The van der Waals surface area contributed by atoms with Crippen molar-refractivity contribution in [3.05, 3.63) is 35.5 Å². The highest BCUT2D eigenvalue weighted by Gasteiger charge is 2.34. The average molecular weight is 377 g/mol. The first-order valence-corrected chi connectivity index (χ1v) is 9.50. The van der Waals surface area contributed by atoms with Crippen LogP contribution in [0.3, 0.4) is 0 Å². The van der Waals surface area contributed by atoms with Crippen molar-refractivity contribution < 1.29 is 18.7 Å². The number of allylic oxidation sites excluding steroid dienone is 1. The summed E-state index contributed by atoms with van der Waals surface area (Å²) in [5.41, 5.74) is 2.87. The molecule has 0 radical (unpaired) electrons. The van der Waals surface area contributed by atoms with E-state index in [1.165, 1.54) is 12.5 Å². The minimum atomic E-state index is -0.174. The summed E-state index contributed by atoms with van der Waals surface area (Å²) in [6.45, 7) is 5.79. The van der Waals surface area contributed by atoms with Gasteiger partial charge in [0.25, 0.3) is 0 Å². The fraction of sp³-hybridized carbons (Fsp3) is 0.550. The highest BCUT2D eigenvalue weighted by Crippen LogP contribution is 2.39. The first-order chi connectivity index (χ1) is 13.2. The molecule has 2 aliphatic heterocycles. The van der Waals surface area contributed by atoms with Crippen molar-refractivity contribution in [2.24, 2.45) is 0 Å². The van der Waals surface area contributed by atoms with Gasteiger partial charge in [-0.2, -0.15) is 0 Å². The van der Waals surface area contributed by atoms with E-state index < -0.39 is 0 Å². The van der Waals surface area contributed by atoms with Crippen LogP contribution < -0.4 is 15.1 Å². The molecule has 1 unspecified atom stereocenters. The lowest BCUT2D eigenvalue weighted by Crippen LogP contribution is -2.36. The fourth-order valence-electron chi connectivity index (χ4n) is 3.38. The van der Waals surface area contributed by atoms with Gasteiger partial charge < -0.3 is 29.4 Å². The number of halogens is 1. The number of aldehydes is 1. The molecule has 1 aromatic rings. The van der Waals surface area contributed by atoms with E-state index in [-0.39, 0.29) is 11.9 Å². The van der Waals surface area contributed by atoms with Crippen molar-refractivity contribution in [2.75, 3.05) is 56.2 Å². The third kappa shape index (κ3) is 4.78. The largest absolute Gasteiger partial charge is 0.472 e. The zero-order valence-corrected chi connectivity index (χ0v) is 16.0. The van der Waals surface area contributed by atoms with Crippen LogP contribution in [0, 0.1) is 5.82 Å². The Bertz CT molecular complexity index is 683. The standard InChI is InChI=1S/C18H24FN3O2.C2H4O/c1-20-11-15-12-22(18(24-15)13-2-3-13)14-4-5-17(16(19)10-14)21-6-8-23-9-7-21;1-2-3/h4-5,10,15,20H,2-3,6-9,11-12H2,1H3;2H,1H3. The third-order valence-electron chi connectivity index (χ3n) is 4.74. The van der Waals surface area contributed by atoms with Crippen molar-refractivity contribution in [2.45, 2.75) is 25.9 Å². The molecular formula is C20H28FN3O3. The molecule has 3 aliphatic rings. The van der Waals surface area contributed by atoms with E-state index in [2.05, 4.69) is 10.2 Å². The molecule has 0 aromatic heterocycles. The fourth-order valence-corrected chi connectivity index (χ4v) is 3.38. The first-order valence-electron chi connectivity index (χ1n) is 9.50. The Morgan fingerprint density at radius 2 is 2.00 bits per heavy atom. The van der Waals surface area contributed by atoms with Crippen LogP contribution in [0.1, 0.15) is 19.8 Å². The normalized spacial score (nSPS) is 21.5. The summed E-state index contributed by atoms with van der Waals surface area (Å²) in [6.07, 6.45) is 3.04. The van der Waals surface area contributed by atoms with Gasteiger partial charge >= 0.3 is 0 Å². The zero-order chi connectivity index (χ0) is 19.2. The number of carbonyl (C=O) groups excluding carboxylic acids is 1. The second-order valence-corrected chi connectivity index (χ2v) is 6.79. The molecule has 1 aliphatic carbocycles. The lowest BCUT2D eigenvalue weighted by atomic mass is 10.2. The maximum absolute atomic E-state index is 14.7. The zero-order valence-electron chi connectivity index (χ0n) is 16.0. The maximum atomic E-state index is 14.7. The van der Waals surface area contributed by atoms with Crippen molar-refractivity contribution in [3.63, 3.8) is 0 Å². The third-order valence-corrected chi connectivity index (χ3v) is 4.74. The van der Waals surface area contributed by atoms with Crippen LogP contribution in [0.25, 0.3) is 0 Å². The summed E-state index contributed by atoms with van der Waals surface area (Å²) in [4.78, 5) is 13.0. The summed E-state index contributed by atoms with van der Waals surface area (Å²) in [5, 5.41) is 3.16. The number of ether oxygens (including phenoxy) is 2. The molecule has 3 fully saturated rings. The second kappa shape index (κ2) is 9.19. The molecule has 1 N–H and O–H groups in total. The topological polar surface area (TPSA) is 54.0 Å². The molecular weight excluding hydrogens is 349 g/mol. The second-order valence-electron chi connectivity index (χ2n) is 6.79. The highest BCUT2D eigenvalue weighted by atomic mass is 19.1. The Morgan fingerprint density at radius 1 is 1.30 bits per heavy atom. The minimum absolute atomic E-state index is 0.111. The van der Waals surface area contributed by atoms with Gasteiger partial charge in [0.1, 0.15) is 18.2 Å². The van der Waals surface area contributed by atoms with Gasteiger partial charge in [-0.15, -0.1) is 0 Å².